The van der Waals surface area contributed by atoms with Crippen LogP contribution < -0.4 is 15.4 Å². The van der Waals surface area contributed by atoms with Gasteiger partial charge in [-0.2, -0.15) is 0 Å². The first kappa shape index (κ1) is 39.3. The zero-order valence-corrected chi connectivity index (χ0v) is 32.9. The van der Waals surface area contributed by atoms with E-state index in [1.165, 1.54) is 14.2 Å². The summed E-state index contributed by atoms with van der Waals surface area (Å²) in [6.45, 7) is 5.64. The molecule has 1 aliphatic heterocycles. The molecular formula is C43H46N8O7. The Balaban J connectivity index is 1.11. The van der Waals surface area contributed by atoms with E-state index in [0.29, 0.717) is 43.3 Å². The third kappa shape index (κ3) is 8.43. The van der Waals surface area contributed by atoms with Gasteiger partial charge in [-0.05, 0) is 64.4 Å². The maximum absolute atomic E-state index is 13.9. The molecule has 0 aliphatic carbocycles. The van der Waals surface area contributed by atoms with Gasteiger partial charge in [-0.15, -0.1) is 0 Å². The van der Waals surface area contributed by atoms with E-state index in [9.17, 15) is 19.2 Å². The summed E-state index contributed by atoms with van der Waals surface area (Å²) in [4.78, 5) is 69.8. The SMILES string of the molecule is CCCN(Cc1ncc(-c2cc3c4c(ccc5cc(-c6cnc(CN(CCC)C(=O)[C@H](NC(=O)OC)c7ccccc7)[nH]6)cc(c54)CO3)c2)[nH]1)C(=O)CNC(=O)OC. The Hall–Kier alpha value is -6.90. The van der Waals surface area contributed by atoms with E-state index in [1.807, 2.05) is 38.1 Å². The molecule has 3 heterocycles. The van der Waals surface area contributed by atoms with Gasteiger partial charge in [0.25, 0.3) is 0 Å². The Morgan fingerprint density at radius 1 is 0.776 bits per heavy atom. The zero-order chi connectivity index (χ0) is 40.8. The van der Waals surface area contributed by atoms with E-state index in [1.54, 1.807) is 34.3 Å². The molecule has 0 bridgehead atoms. The summed E-state index contributed by atoms with van der Waals surface area (Å²) in [5, 5.41) is 9.37. The van der Waals surface area contributed by atoms with E-state index in [2.05, 4.69) is 65.6 Å². The summed E-state index contributed by atoms with van der Waals surface area (Å²) >= 11 is 0. The molecular weight excluding hydrogens is 741 g/mol. The van der Waals surface area contributed by atoms with Crippen molar-refractivity contribution in [1.29, 1.82) is 0 Å². The monoisotopic (exact) mass is 786 g/mol. The average Bonchev–Trinajstić information content (AvgIpc) is 3.93. The minimum absolute atomic E-state index is 0.166. The fraction of sp³-hybridized carbons (Fsp3) is 0.302. The minimum atomic E-state index is -0.918. The highest BCUT2D eigenvalue weighted by atomic mass is 16.5. The van der Waals surface area contributed by atoms with Gasteiger partial charge in [0, 0.05) is 29.6 Å². The fourth-order valence-electron chi connectivity index (χ4n) is 7.34. The molecule has 4 amide bonds. The molecule has 0 radical (unpaired) electrons. The summed E-state index contributed by atoms with van der Waals surface area (Å²) in [5.41, 5.74) is 5.13. The molecule has 58 heavy (non-hydrogen) atoms. The highest BCUT2D eigenvalue weighted by Crippen LogP contribution is 2.43. The second kappa shape index (κ2) is 17.5. The van der Waals surface area contributed by atoms with Gasteiger partial charge in [0.2, 0.25) is 11.8 Å². The Bertz CT molecular complexity index is 2460. The van der Waals surface area contributed by atoms with Crippen LogP contribution in [0, 0.1) is 0 Å². The minimum Gasteiger partial charge on any atom is -0.488 e. The van der Waals surface area contributed by atoms with Crippen molar-refractivity contribution in [2.75, 3.05) is 33.9 Å². The van der Waals surface area contributed by atoms with E-state index in [-0.39, 0.29) is 31.4 Å². The maximum atomic E-state index is 13.9. The Morgan fingerprint density at radius 3 is 2.02 bits per heavy atom. The number of carbonyl (C=O) groups is 4. The van der Waals surface area contributed by atoms with Gasteiger partial charge in [-0.25, -0.2) is 19.6 Å². The number of methoxy groups -OCH3 is 2. The number of carbonyl (C=O) groups excluding carboxylic acids is 4. The number of imidazole rings is 2. The lowest BCUT2D eigenvalue weighted by Gasteiger charge is -2.27. The lowest BCUT2D eigenvalue weighted by molar-refractivity contribution is -0.134. The van der Waals surface area contributed by atoms with Crippen LogP contribution in [0.5, 0.6) is 5.75 Å². The van der Waals surface area contributed by atoms with Crippen LogP contribution in [-0.4, -0.2) is 87.6 Å². The van der Waals surface area contributed by atoms with Crippen LogP contribution in [-0.2, 0) is 38.8 Å². The number of amides is 4. The van der Waals surface area contributed by atoms with E-state index in [0.717, 1.165) is 61.8 Å². The number of alkyl carbamates (subject to hydrolysis) is 2. The molecule has 0 saturated heterocycles. The summed E-state index contributed by atoms with van der Waals surface area (Å²) in [6.07, 6.45) is 3.64. The van der Waals surface area contributed by atoms with E-state index >= 15 is 0 Å². The first-order chi connectivity index (χ1) is 28.2. The predicted octanol–water partition coefficient (Wildman–Crippen LogP) is 6.60. The van der Waals surface area contributed by atoms with Crippen molar-refractivity contribution in [3.63, 3.8) is 0 Å². The van der Waals surface area contributed by atoms with Crippen LogP contribution >= 0.6 is 0 Å². The number of aromatic amines is 2. The van der Waals surface area contributed by atoms with Crippen molar-refractivity contribution >= 4 is 45.5 Å². The van der Waals surface area contributed by atoms with Crippen LogP contribution in [0.15, 0.2) is 79.1 Å². The Labute approximate surface area is 335 Å². The molecule has 300 valence electrons. The average molecular weight is 787 g/mol. The van der Waals surface area contributed by atoms with Crippen molar-refractivity contribution in [1.82, 2.24) is 40.4 Å². The van der Waals surface area contributed by atoms with Crippen molar-refractivity contribution in [3.05, 3.63) is 102 Å². The third-order valence-corrected chi connectivity index (χ3v) is 10.1. The van der Waals surface area contributed by atoms with Gasteiger partial charge in [0.05, 0.1) is 51.1 Å². The van der Waals surface area contributed by atoms with Crippen LogP contribution in [0.1, 0.15) is 55.5 Å². The molecule has 15 nitrogen and oxygen atoms in total. The van der Waals surface area contributed by atoms with Gasteiger partial charge in [-0.1, -0.05) is 56.3 Å². The molecule has 1 atom stereocenters. The quantitative estimate of drug-likeness (QED) is 0.0834. The van der Waals surface area contributed by atoms with Gasteiger partial charge in [0.1, 0.15) is 36.6 Å². The van der Waals surface area contributed by atoms with Crippen LogP contribution in [0.2, 0.25) is 0 Å². The number of ether oxygens (including phenoxy) is 3. The summed E-state index contributed by atoms with van der Waals surface area (Å²) in [6, 6.07) is 20.7. The number of nitrogens with zero attached hydrogens (tertiary/aromatic N) is 4. The first-order valence-corrected chi connectivity index (χ1v) is 19.2. The number of H-pyrrole nitrogens is 2. The summed E-state index contributed by atoms with van der Waals surface area (Å²) in [5.74, 6) is 1.51. The van der Waals surface area contributed by atoms with Crippen LogP contribution in [0.3, 0.4) is 0 Å². The van der Waals surface area contributed by atoms with Gasteiger partial charge in [-0.3, -0.25) is 9.59 Å². The second-order valence-corrected chi connectivity index (χ2v) is 14.0. The van der Waals surface area contributed by atoms with Gasteiger partial charge >= 0.3 is 12.2 Å². The van der Waals surface area contributed by atoms with Gasteiger partial charge in [0.15, 0.2) is 0 Å². The molecule has 0 saturated carbocycles. The fourth-order valence-corrected chi connectivity index (χ4v) is 7.34. The number of rotatable bonds is 15. The predicted molar refractivity (Wildman–Crippen MR) is 217 cm³/mol. The molecule has 7 rings (SSSR count). The number of nitrogens with one attached hydrogen (secondary N) is 4. The largest absolute Gasteiger partial charge is 0.488 e. The molecule has 1 aliphatic rings. The number of aromatic nitrogens is 4. The molecule has 6 aromatic rings. The first-order valence-electron chi connectivity index (χ1n) is 19.2. The highest BCUT2D eigenvalue weighted by Gasteiger charge is 2.29. The lowest BCUT2D eigenvalue weighted by atomic mass is 9.92. The normalized spacial score (nSPS) is 12.2. The molecule has 0 unspecified atom stereocenters. The number of hydrogen-bond acceptors (Lipinski definition) is 9. The van der Waals surface area contributed by atoms with Crippen molar-refractivity contribution < 1.29 is 33.4 Å². The van der Waals surface area contributed by atoms with Crippen molar-refractivity contribution in [2.24, 2.45) is 0 Å². The molecule has 0 spiro atoms. The zero-order valence-electron chi connectivity index (χ0n) is 32.9. The number of benzene rings is 4. The van der Waals surface area contributed by atoms with Crippen molar-refractivity contribution in [2.45, 2.75) is 52.4 Å². The second-order valence-electron chi connectivity index (χ2n) is 14.0. The number of hydrogen-bond donors (Lipinski definition) is 4. The highest BCUT2D eigenvalue weighted by molar-refractivity contribution is 6.14. The standard InChI is InChI=1S/C43H46N8O7/c1-5-14-50(37(52)22-46-42(54)56-3)23-35-44-21-33(48-35)30-17-28-13-12-27-16-29(18-31-25-58-34(19-30)39(28)38(27)31)32-20-45-36(47-32)24-51(15-6-2)41(53)40(49-43(55)57-4)26-10-8-7-9-11-26/h7-13,16-21,40H,5-6,14-15,22-25H2,1-4H3,(H,44,48)(H,45,47)(H,46,54)(H,49,55)/t40-/m1/s1. The molecule has 4 aromatic carbocycles. The van der Waals surface area contributed by atoms with Gasteiger partial charge < -0.3 is 44.6 Å². The van der Waals surface area contributed by atoms with Crippen LogP contribution in [0.25, 0.3) is 44.1 Å². The molecule has 15 heteroatoms. The summed E-state index contributed by atoms with van der Waals surface area (Å²) in [7, 11) is 2.52. The van der Waals surface area contributed by atoms with Crippen LogP contribution in [0.4, 0.5) is 9.59 Å². The topological polar surface area (TPSA) is 184 Å². The third-order valence-electron chi connectivity index (χ3n) is 10.1. The Kier molecular flexibility index (Phi) is 11.9. The molecule has 4 N–H and O–H groups in total. The van der Waals surface area contributed by atoms with Crippen molar-refractivity contribution in [3.8, 4) is 28.3 Å². The maximum Gasteiger partial charge on any atom is 0.407 e. The smallest absolute Gasteiger partial charge is 0.407 e. The molecule has 0 fully saturated rings. The lowest BCUT2D eigenvalue weighted by Crippen LogP contribution is -2.43. The van der Waals surface area contributed by atoms with E-state index < -0.39 is 18.2 Å². The summed E-state index contributed by atoms with van der Waals surface area (Å²) < 4.78 is 15.8. The Morgan fingerprint density at radius 2 is 1.38 bits per heavy atom. The van der Waals surface area contributed by atoms with E-state index in [4.69, 9.17) is 9.47 Å². The molecule has 2 aromatic heterocycles.